The number of piperidine rings is 1. The zero-order valence-electron chi connectivity index (χ0n) is 13.6. The predicted octanol–water partition coefficient (Wildman–Crippen LogP) is 1.96. The van der Waals surface area contributed by atoms with Crippen molar-refractivity contribution in [2.45, 2.75) is 58.0 Å². The van der Waals surface area contributed by atoms with Gasteiger partial charge < -0.3 is 14.8 Å². The summed E-state index contributed by atoms with van der Waals surface area (Å²) in [5.74, 6) is 2.13. The molecule has 2 aliphatic rings. The van der Waals surface area contributed by atoms with E-state index in [-0.39, 0.29) is 0 Å². The minimum absolute atomic E-state index is 0.355. The third-order valence-electron chi connectivity index (χ3n) is 5.25. The Morgan fingerprint density at radius 2 is 2.18 bits per heavy atom. The average molecular weight is 304 g/mol. The molecule has 2 fully saturated rings. The summed E-state index contributed by atoms with van der Waals surface area (Å²) >= 11 is 0. The van der Waals surface area contributed by atoms with Crippen molar-refractivity contribution in [3.05, 3.63) is 18.2 Å². The van der Waals surface area contributed by atoms with Crippen LogP contribution in [0.2, 0.25) is 0 Å². The molecule has 0 saturated carbocycles. The maximum absolute atomic E-state index is 12.6. The van der Waals surface area contributed by atoms with E-state index in [9.17, 15) is 4.79 Å². The molecular weight excluding hydrogens is 276 g/mol. The Kier molecular flexibility index (Phi) is 5.13. The van der Waals surface area contributed by atoms with Crippen molar-refractivity contribution < 1.29 is 4.79 Å². The highest BCUT2D eigenvalue weighted by molar-refractivity contribution is 5.76. The van der Waals surface area contributed by atoms with Crippen LogP contribution in [0.15, 0.2) is 12.4 Å². The quantitative estimate of drug-likeness (QED) is 0.905. The fraction of sp³-hybridized carbons (Fsp3) is 0.765. The van der Waals surface area contributed by atoms with E-state index in [1.165, 1.54) is 12.8 Å². The van der Waals surface area contributed by atoms with Gasteiger partial charge in [0, 0.05) is 37.9 Å². The maximum Gasteiger partial charge on any atom is 0.222 e. The van der Waals surface area contributed by atoms with Crippen molar-refractivity contribution in [2.24, 2.45) is 5.92 Å². The second-order valence-corrected chi connectivity index (χ2v) is 6.74. The standard InChI is InChI=1S/C17H28N4O/c1-14-19-10-12-20(14)13-16-3-2-11-21(16)17(22)5-4-15-6-8-18-9-7-15/h10,12,15-16,18H,2-9,11,13H2,1H3. The number of amides is 1. The van der Waals surface area contributed by atoms with E-state index < -0.39 is 0 Å². The third-order valence-corrected chi connectivity index (χ3v) is 5.25. The van der Waals surface area contributed by atoms with Crippen molar-refractivity contribution >= 4 is 5.91 Å². The molecule has 1 atom stereocenters. The minimum Gasteiger partial charge on any atom is -0.338 e. The topological polar surface area (TPSA) is 50.2 Å². The normalized spacial score (nSPS) is 23.1. The summed E-state index contributed by atoms with van der Waals surface area (Å²) in [6, 6.07) is 0.355. The van der Waals surface area contributed by atoms with Gasteiger partial charge in [0.15, 0.2) is 0 Å². The first-order valence-corrected chi connectivity index (χ1v) is 8.72. The van der Waals surface area contributed by atoms with Gasteiger partial charge in [-0.2, -0.15) is 0 Å². The molecule has 2 aliphatic heterocycles. The fourth-order valence-electron chi connectivity index (χ4n) is 3.82. The molecule has 22 heavy (non-hydrogen) atoms. The van der Waals surface area contributed by atoms with Crippen LogP contribution >= 0.6 is 0 Å². The predicted molar refractivity (Wildman–Crippen MR) is 86.5 cm³/mol. The molecule has 5 nitrogen and oxygen atoms in total. The summed E-state index contributed by atoms with van der Waals surface area (Å²) in [6.45, 7) is 6.09. The highest BCUT2D eigenvalue weighted by atomic mass is 16.2. The number of aromatic nitrogens is 2. The van der Waals surface area contributed by atoms with Crippen molar-refractivity contribution in [3.63, 3.8) is 0 Å². The molecule has 5 heteroatoms. The second kappa shape index (κ2) is 7.27. The second-order valence-electron chi connectivity index (χ2n) is 6.74. The summed E-state index contributed by atoms with van der Waals surface area (Å²) < 4.78 is 2.17. The van der Waals surface area contributed by atoms with Crippen LogP contribution in [0, 0.1) is 12.8 Å². The summed E-state index contributed by atoms with van der Waals surface area (Å²) in [7, 11) is 0. The van der Waals surface area contributed by atoms with E-state index in [2.05, 4.69) is 19.8 Å². The van der Waals surface area contributed by atoms with E-state index in [1.54, 1.807) is 0 Å². The molecule has 0 radical (unpaired) electrons. The Morgan fingerprint density at radius 3 is 2.91 bits per heavy atom. The van der Waals surface area contributed by atoms with Crippen LogP contribution in [0.3, 0.4) is 0 Å². The first-order valence-electron chi connectivity index (χ1n) is 8.72. The lowest BCUT2D eigenvalue weighted by atomic mass is 9.93. The Bertz CT molecular complexity index is 493. The number of carbonyl (C=O) groups is 1. The highest BCUT2D eigenvalue weighted by Gasteiger charge is 2.29. The molecule has 1 amide bonds. The van der Waals surface area contributed by atoms with Crippen LogP contribution in [0.25, 0.3) is 0 Å². The molecule has 1 N–H and O–H groups in total. The monoisotopic (exact) mass is 304 g/mol. The summed E-state index contributed by atoms with van der Waals surface area (Å²) in [6.07, 6.45) is 10.4. The van der Waals surface area contributed by atoms with E-state index in [0.717, 1.165) is 63.6 Å². The van der Waals surface area contributed by atoms with Gasteiger partial charge in [-0.05, 0) is 58.0 Å². The lowest BCUT2D eigenvalue weighted by Gasteiger charge is -2.27. The van der Waals surface area contributed by atoms with Crippen molar-refractivity contribution in [2.75, 3.05) is 19.6 Å². The van der Waals surface area contributed by atoms with Crippen LogP contribution < -0.4 is 5.32 Å². The number of carbonyl (C=O) groups excluding carboxylic acids is 1. The molecule has 0 aromatic carbocycles. The molecule has 1 aromatic rings. The molecule has 1 aromatic heterocycles. The molecule has 0 aliphatic carbocycles. The van der Waals surface area contributed by atoms with Gasteiger partial charge in [0.25, 0.3) is 0 Å². The zero-order valence-corrected chi connectivity index (χ0v) is 13.6. The Balaban J connectivity index is 1.51. The number of hydrogen-bond acceptors (Lipinski definition) is 3. The Labute approximate surface area is 133 Å². The van der Waals surface area contributed by atoms with Gasteiger partial charge in [-0.1, -0.05) is 0 Å². The summed E-state index contributed by atoms with van der Waals surface area (Å²) in [5, 5.41) is 3.39. The van der Waals surface area contributed by atoms with E-state index >= 15 is 0 Å². The molecular formula is C17H28N4O. The SMILES string of the molecule is Cc1nccn1CC1CCCN1C(=O)CCC1CCNCC1. The number of nitrogens with one attached hydrogen (secondary N) is 1. The number of rotatable bonds is 5. The van der Waals surface area contributed by atoms with Crippen LogP contribution in [-0.4, -0.2) is 46.0 Å². The van der Waals surface area contributed by atoms with Gasteiger partial charge in [-0.25, -0.2) is 4.98 Å². The highest BCUT2D eigenvalue weighted by Crippen LogP contribution is 2.23. The van der Waals surface area contributed by atoms with Gasteiger partial charge >= 0.3 is 0 Å². The Morgan fingerprint density at radius 1 is 1.36 bits per heavy atom. The first kappa shape index (κ1) is 15.5. The molecule has 0 bridgehead atoms. The van der Waals surface area contributed by atoms with Gasteiger partial charge in [0.05, 0.1) is 0 Å². The summed E-state index contributed by atoms with van der Waals surface area (Å²) in [5.41, 5.74) is 0. The van der Waals surface area contributed by atoms with Crippen LogP contribution in [0.1, 0.15) is 44.3 Å². The number of likely N-dealkylation sites (tertiary alicyclic amines) is 1. The number of imidazole rings is 1. The number of nitrogens with zero attached hydrogens (tertiary/aromatic N) is 3. The molecule has 1 unspecified atom stereocenters. The van der Waals surface area contributed by atoms with Crippen LogP contribution in [0.5, 0.6) is 0 Å². The summed E-state index contributed by atoms with van der Waals surface area (Å²) in [4.78, 5) is 19.0. The average Bonchev–Trinajstić information content (AvgIpc) is 3.16. The largest absolute Gasteiger partial charge is 0.338 e. The van der Waals surface area contributed by atoms with E-state index in [1.807, 2.05) is 19.3 Å². The van der Waals surface area contributed by atoms with Crippen LogP contribution in [-0.2, 0) is 11.3 Å². The van der Waals surface area contributed by atoms with E-state index in [0.29, 0.717) is 11.9 Å². The zero-order chi connectivity index (χ0) is 15.4. The number of aryl methyl sites for hydroxylation is 1. The lowest BCUT2D eigenvalue weighted by Crippen LogP contribution is -2.38. The smallest absolute Gasteiger partial charge is 0.222 e. The van der Waals surface area contributed by atoms with Crippen LogP contribution in [0.4, 0.5) is 0 Å². The molecule has 2 saturated heterocycles. The fourth-order valence-corrected chi connectivity index (χ4v) is 3.82. The lowest BCUT2D eigenvalue weighted by molar-refractivity contribution is -0.132. The maximum atomic E-state index is 12.6. The van der Waals surface area contributed by atoms with E-state index in [4.69, 9.17) is 0 Å². The minimum atomic E-state index is 0.355. The van der Waals surface area contributed by atoms with Crippen molar-refractivity contribution in [3.8, 4) is 0 Å². The Hall–Kier alpha value is -1.36. The first-order chi connectivity index (χ1) is 10.7. The van der Waals surface area contributed by atoms with Gasteiger partial charge in [0.2, 0.25) is 5.91 Å². The molecule has 3 rings (SSSR count). The van der Waals surface area contributed by atoms with Crippen molar-refractivity contribution in [1.29, 1.82) is 0 Å². The van der Waals surface area contributed by atoms with Gasteiger partial charge in [-0.15, -0.1) is 0 Å². The van der Waals surface area contributed by atoms with Gasteiger partial charge in [0.1, 0.15) is 5.82 Å². The van der Waals surface area contributed by atoms with Crippen molar-refractivity contribution in [1.82, 2.24) is 19.8 Å². The number of hydrogen-bond donors (Lipinski definition) is 1. The molecule has 122 valence electrons. The molecule has 0 spiro atoms. The van der Waals surface area contributed by atoms with Gasteiger partial charge in [-0.3, -0.25) is 4.79 Å². The molecule has 3 heterocycles. The third kappa shape index (κ3) is 3.69.